The Kier molecular flexibility index (Phi) is 4.27. The monoisotopic (exact) mass is 397 g/mol. The van der Waals surface area contributed by atoms with Crippen molar-refractivity contribution < 1.29 is 14.3 Å². The average Bonchev–Trinajstić information content (AvgIpc) is 3.13. The summed E-state index contributed by atoms with van der Waals surface area (Å²) < 4.78 is 11.6. The summed E-state index contributed by atoms with van der Waals surface area (Å²) >= 11 is 6.18. The number of piperazine rings is 1. The van der Waals surface area contributed by atoms with Crippen LogP contribution in [0, 0.1) is 0 Å². The zero-order chi connectivity index (χ0) is 19.3. The van der Waals surface area contributed by atoms with E-state index < -0.39 is 6.29 Å². The molecule has 0 amide bonds. The molecule has 1 unspecified atom stereocenters. The number of para-hydroxylation sites is 1. The smallest absolute Gasteiger partial charge is 0.229 e. The Hall–Kier alpha value is -2.54. The molecule has 6 nitrogen and oxygen atoms in total. The molecule has 1 atom stereocenters. The summed E-state index contributed by atoms with van der Waals surface area (Å²) in [5.41, 5.74) is 3.61. The van der Waals surface area contributed by atoms with Crippen molar-refractivity contribution in [2.24, 2.45) is 0 Å². The molecule has 0 bridgehead atoms. The average molecular weight is 398 g/mol. The topological polar surface area (TPSA) is 62.0 Å². The molecule has 2 aromatic carbocycles. The Bertz CT molecular complexity index is 1070. The van der Waals surface area contributed by atoms with Crippen LogP contribution in [0.3, 0.4) is 0 Å². The summed E-state index contributed by atoms with van der Waals surface area (Å²) in [6.07, 6.45) is 0.706. The Morgan fingerprint density at radius 1 is 1.14 bits per heavy atom. The Balaban J connectivity index is 1.48. The second-order valence-electron chi connectivity index (χ2n) is 7.19. The van der Waals surface area contributed by atoms with Gasteiger partial charge in [0, 0.05) is 43.5 Å². The first kappa shape index (κ1) is 17.6. The van der Waals surface area contributed by atoms with E-state index >= 15 is 0 Å². The molecule has 1 fully saturated rings. The van der Waals surface area contributed by atoms with Crippen molar-refractivity contribution in [3.05, 3.63) is 52.9 Å². The first-order valence-electron chi connectivity index (χ1n) is 9.28. The Morgan fingerprint density at radius 2 is 1.96 bits per heavy atom. The lowest BCUT2D eigenvalue weighted by Gasteiger charge is -2.34. The molecule has 1 aromatic heterocycles. The van der Waals surface area contributed by atoms with Gasteiger partial charge in [-0.05, 0) is 37.4 Å². The van der Waals surface area contributed by atoms with Crippen LogP contribution in [-0.2, 0) is 0 Å². The highest BCUT2D eigenvalue weighted by molar-refractivity contribution is 6.34. The summed E-state index contributed by atoms with van der Waals surface area (Å²) in [5.74, 6) is 0.964. The van der Waals surface area contributed by atoms with Crippen LogP contribution in [0.5, 0.6) is 5.75 Å². The molecule has 2 aliphatic heterocycles. The number of oxazole rings is 1. The first-order chi connectivity index (χ1) is 13.6. The number of halogens is 1. The van der Waals surface area contributed by atoms with Crippen LogP contribution in [0.15, 0.2) is 40.8 Å². The molecule has 1 saturated heterocycles. The fourth-order valence-corrected chi connectivity index (χ4v) is 3.84. The van der Waals surface area contributed by atoms with Gasteiger partial charge < -0.3 is 24.1 Å². The highest BCUT2D eigenvalue weighted by Gasteiger charge is 2.27. The van der Waals surface area contributed by atoms with Crippen molar-refractivity contribution in [3.63, 3.8) is 0 Å². The summed E-state index contributed by atoms with van der Waals surface area (Å²) in [5, 5.41) is 11.1. The van der Waals surface area contributed by atoms with E-state index in [0.717, 1.165) is 37.4 Å². The van der Waals surface area contributed by atoms with Gasteiger partial charge in [-0.2, -0.15) is 0 Å². The van der Waals surface area contributed by atoms with E-state index in [9.17, 15) is 5.11 Å². The summed E-state index contributed by atoms with van der Waals surface area (Å²) in [6.45, 7) is 4.01. The van der Waals surface area contributed by atoms with Crippen LogP contribution < -0.4 is 9.64 Å². The van der Waals surface area contributed by atoms with Crippen LogP contribution in [-0.4, -0.2) is 54.5 Å². The van der Waals surface area contributed by atoms with Crippen molar-refractivity contribution in [3.8, 4) is 5.75 Å². The largest absolute Gasteiger partial charge is 0.460 e. The van der Waals surface area contributed by atoms with Crippen molar-refractivity contribution in [2.45, 2.75) is 6.29 Å². The van der Waals surface area contributed by atoms with E-state index in [1.807, 2.05) is 18.2 Å². The highest BCUT2D eigenvalue weighted by Crippen LogP contribution is 2.37. The van der Waals surface area contributed by atoms with Crippen LogP contribution in [0.25, 0.3) is 22.7 Å². The predicted molar refractivity (Wildman–Crippen MR) is 110 cm³/mol. The summed E-state index contributed by atoms with van der Waals surface area (Å²) in [6, 6.07) is 11.4. The zero-order valence-electron chi connectivity index (χ0n) is 15.4. The standard InChI is InChI=1S/C21H20ClN3O3/c1-24-7-9-25(10-8-24)14-6-5-13-11-15(21(26)28-18(13)12-14)20-23-19-16(22)3-2-4-17(19)27-20/h2-6,11-12,21,26H,7-10H2,1H3. The third-order valence-electron chi connectivity index (χ3n) is 5.30. The fourth-order valence-electron chi connectivity index (χ4n) is 3.63. The van der Waals surface area contributed by atoms with E-state index in [4.69, 9.17) is 20.8 Å². The number of rotatable bonds is 2. The number of hydrogen-bond donors (Lipinski definition) is 1. The van der Waals surface area contributed by atoms with Crippen LogP contribution in [0.4, 0.5) is 5.69 Å². The Morgan fingerprint density at radius 3 is 2.75 bits per heavy atom. The molecule has 28 heavy (non-hydrogen) atoms. The lowest BCUT2D eigenvalue weighted by molar-refractivity contribution is 0.0306. The number of hydrogen-bond acceptors (Lipinski definition) is 6. The molecule has 2 aliphatic rings. The van der Waals surface area contributed by atoms with Gasteiger partial charge in [-0.1, -0.05) is 17.7 Å². The van der Waals surface area contributed by atoms with Gasteiger partial charge in [0.25, 0.3) is 0 Å². The second kappa shape index (κ2) is 6.81. The molecule has 3 aromatic rings. The molecular formula is C21H20ClN3O3. The third-order valence-corrected chi connectivity index (χ3v) is 5.60. The van der Waals surface area contributed by atoms with Gasteiger partial charge in [-0.15, -0.1) is 0 Å². The molecule has 7 heteroatoms. The van der Waals surface area contributed by atoms with Gasteiger partial charge in [-0.25, -0.2) is 4.98 Å². The zero-order valence-corrected chi connectivity index (χ0v) is 16.2. The van der Waals surface area contributed by atoms with Crippen molar-refractivity contribution >= 4 is 40.0 Å². The quantitative estimate of drug-likeness (QED) is 0.714. The summed E-state index contributed by atoms with van der Waals surface area (Å²) in [7, 11) is 2.13. The van der Waals surface area contributed by atoms with Gasteiger partial charge in [0.15, 0.2) is 5.58 Å². The number of nitrogens with zero attached hydrogens (tertiary/aromatic N) is 3. The molecule has 0 radical (unpaired) electrons. The van der Waals surface area contributed by atoms with Crippen molar-refractivity contribution in [1.82, 2.24) is 9.88 Å². The van der Waals surface area contributed by atoms with Crippen LogP contribution >= 0.6 is 11.6 Å². The predicted octanol–water partition coefficient (Wildman–Crippen LogP) is 3.48. The summed E-state index contributed by atoms with van der Waals surface area (Å²) in [4.78, 5) is 9.09. The fraction of sp³-hybridized carbons (Fsp3) is 0.286. The van der Waals surface area contributed by atoms with Crippen LogP contribution in [0.2, 0.25) is 5.02 Å². The van der Waals surface area contributed by atoms with Gasteiger partial charge in [0.2, 0.25) is 12.2 Å². The van der Waals surface area contributed by atoms with E-state index in [0.29, 0.717) is 33.3 Å². The van der Waals surface area contributed by atoms with E-state index in [1.54, 1.807) is 18.2 Å². The molecule has 3 heterocycles. The van der Waals surface area contributed by atoms with Gasteiger partial charge in [0.05, 0.1) is 10.6 Å². The number of anilines is 1. The SMILES string of the molecule is CN1CCN(c2ccc3c(c2)OC(O)C(c2nc4c(Cl)cccc4o2)=C3)CC1. The van der Waals surface area contributed by atoms with E-state index in [1.165, 1.54) is 0 Å². The highest BCUT2D eigenvalue weighted by atomic mass is 35.5. The molecule has 0 saturated carbocycles. The van der Waals surface area contributed by atoms with Gasteiger partial charge >= 0.3 is 0 Å². The first-order valence-corrected chi connectivity index (χ1v) is 9.65. The number of aliphatic hydroxyl groups excluding tert-OH is 1. The Labute approximate surface area is 167 Å². The molecule has 144 valence electrons. The lowest BCUT2D eigenvalue weighted by Crippen LogP contribution is -2.44. The maximum atomic E-state index is 10.6. The van der Waals surface area contributed by atoms with E-state index in [-0.39, 0.29) is 0 Å². The minimum atomic E-state index is -1.15. The van der Waals surface area contributed by atoms with Crippen molar-refractivity contribution in [1.29, 1.82) is 0 Å². The molecular weight excluding hydrogens is 378 g/mol. The van der Waals surface area contributed by atoms with Gasteiger partial charge in [0.1, 0.15) is 11.3 Å². The molecule has 0 aliphatic carbocycles. The minimum Gasteiger partial charge on any atom is -0.460 e. The number of fused-ring (bicyclic) bond motifs is 2. The molecule has 5 rings (SSSR count). The normalized spacial score (nSPS) is 20.0. The number of ether oxygens (including phenoxy) is 1. The number of benzene rings is 2. The number of aromatic nitrogens is 1. The molecule has 1 N–H and O–H groups in total. The maximum Gasteiger partial charge on any atom is 0.229 e. The van der Waals surface area contributed by atoms with Gasteiger partial charge in [-0.3, -0.25) is 0 Å². The lowest BCUT2D eigenvalue weighted by atomic mass is 10.1. The molecule has 0 spiro atoms. The third kappa shape index (κ3) is 3.03. The maximum absolute atomic E-state index is 10.6. The number of likely N-dealkylation sites (N-methyl/N-ethyl adjacent to an activating group) is 1. The van der Waals surface area contributed by atoms with E-state index in [2.05, 4.69) is 27.9 Å². The van der Waals surface area contributed by atoms with Crippen LogP contribution in [0.1, 0.15) is 11.5 Å². The van der Waals surface area contributed by atoms with Crippen molar-refractivity contribution in [2.75, 3.05) is 38.1 Å². The number of aliphatic hydroxyl groups is 1. The second-order valence-corrected chi connectivity index (χ2v) is 7.60. The minimum absolute atomic E-state index is 0.310.